The number of ether oxygens (including phenoxy) is 1. The summed E-state index contributed by atoms with van der Waals surface area (Å²) < 4.78 is 43.5. The number of carbonyl (C=O) groups excluding carboxylic acids is 1. The zero-order valence-electron chi connectivity index (χ0n) is 28.1. The highest BCUT2D eigenvalue weighted by atomic mass is 32.2. The molecule has 1 fully saturated rings. The molecule has 46 heavy (non-hydrogen) atoms. The summed E-state index contributed by atoms with van der Waals surface area (Å²) in [6, 6.07) is 10.9. The summed E-state index contributed by atoms with van der Waals surface area (Å²) in [6.45, 7) is 16.1. The summed E-state index contributed by atoms with van der Waals surface area (Å²) in [5.41, 5.74) is 2.73. The van der Waals surface area contributed by atoms with E-state index in [2.05, 4.69) is 90.0 Å². The molecular weight excluding hydrogens is 621 g/mol. The highest BCUT2D eigenvalue weighted by molar-refractivity contribution is 7.88. The van der Waals surface area contributed by atoms with Gasteiger partial charge in [-0.3, -0.25) is 4.72 Å². The molecule has 0 bridgehead atoms. The van der Waals surface area contributed by atoms with Gasteiger partial charge in [0.05, 0.1) is 17.5 Å². The number of nitrogens with zero attached hydrogens (tertiary/aromatic N) is 3. The van der Waals surface area contributed by atoms with Crippen molar-refractivity contribution < 1.29 is 22.4 Å². The van der Waals surface area contributed by atoms with E-state index in [0.29, 0.717) is 0 Å². The molecule has 0 spiro atoms. The van der Waals surface area contributed by atoms with Crippen molar-refractivity contribution in [3.05, 3.63) is 66.3 Å². The van der Waals surface area contributed by atoms with E-state index in [1.807, 2.05) is 10.8 Å². The zero-order valence-corrected chi connectivity index (χ0v) is 29.9. The van der Waals surface area contributed by atoms with E-state index in [-0.39, 0.29) is 29.1 Å². The molecule has 0 aliphatic heterocycles. The largest absolute Gasteiger partial charge is 0.443 e. The Morgan fingerprint density at radius 2 is 1.80 bits per heavy atom. The molecule has 5 rings (SSSR count). The molecule has 0 radical (unpaired) electrons. The van der Waals surface area contributed by atoms with E-state index in [0.717, 1.165) is 42.5 Å². The van der Waals surface area contributed by atoms with Crippen molar-refractivity contribution in [2.75, 3.05) is 5.32 Å². The number of nitrogens with one attached hydrogen (secondary N) is 3. The second-order valence-electron chi connectivity index (χ2n) is 14.9. The van der Waals surface area contributed by atoms with E-state index >= 15 is 0 Å². The summed E-state index contributed by atoms with van der Waals surface area (Å²) in [6.07, 6.45) is 9.26. The third kappa shape index (κ3) is 7.75. The first-order valence-corrected chi connectivity index (χ1v) is 20.3. The van der Waals surface area contributed by atoms with Crippen LogP contribution in [0.1, 0.15) is 84.0 Å². The van der Waals surface area contributed by atoms with Gasteiger partial charge in [0.2, 0.25) is 0 Å². The molecule has 3 aromatic rings. The highest BCUT2D eigenvalue weighted by Crippen LogP contribution is 2.45. The fourth-order valence-corrected chi connectivity index (χ4v) is 8.03. The summed E-state index contributed by atoms with van der Waals surface area (Å²) in [4.78, 5) is 21.4. The highest BCUT2D eigenvalue weighted by Gasteiger charge is 2.44. The first-order chi connectivity index (χ1) is 21.4. The number of hydrogen-bond acceptors (Lipinski definition) is 8. The van der Waals surface area contributed by atoms with E-state index in [9.17, 15) is 13.2 Å². The Labute approximate surface area is 273 Å². The number of anilines is 1. The number of fused-ring (bicyclic) bond motifs is 2. The Balaban J connectivity index is 1.35. The minimum absolute atomic E-state index is 0.00504. The van der Waals surface area contributed by atoms with Crippen LogP contribution in [0.2, 0.25) is 18.1 Å². The zero-order chi connectivity index (χ0) is 33.5. The molecule has 1 saturated carbocycles. The lowest BCUT2D eigenvalue weighted by Gasteiger charge is -2.39. The van der Waals surface area contributed by atoms with Gasteiger partial charge in [-0.15, -0.1) is 0 Å². The maximum Gasteiger partial charge on any atom is 0.422 e. The molecule has 1 amide bonds. The van der Waals surface area contributed by atoms with Crippen molar-refractivity contribution in [1.82, 2.24) is 24.0 Å². The van der Waals surface area contributed by atoms with Crippen molar-refractivity contribution in [3.8, 4) is 0 Å². The summed E-state index contributed by atoms with van der Waals surface area (Å²) in [7, 11) is -6.31. The van der Waals surface area contributed by atoms with Gasteiger partial charge in [0.1, 0.15) is 23.4 Å². The van der Waals surface area contributed by atoms with Crippen molar-refractivity contribution >= 4 is 41.5 Å². The molecule has 4 atom stereocenters. The molecule has 3 N–H and O–H groups in total. The second kappa shape index (κ2) is 12.6. The van der Waals surface area contributed by atoms with E-state index in [4.69, 9.17) is 14.1 Å². The summed E-state index contributed by atoms with van der Waals surface area (Å²) in [5, 5.41) is 4.65. The maximum absolute atomic E-state index is 12.5. The van der Waals surface area contributed by atoms with Crippen LogP contribution < -0.4 is 14.8 Å². The van der Waals surface area contributed by atoms with Crippen LogP contribution in [0, 0.1) is 5.92 Å². The summed E-state index contributed by atoms with van der Waals surface area (Å²) >= 11 is 0. The van der Waals surface area contributed by atoms with Crippen molar-refractivity contribution in [1.29, 1.82) is 0 Å². The maximum atomic E-state index is 12.5. The third-order valence-corrected chi connectivity index (χ3v) is 14.7. The Kier molecular flexibility index (Phi) is 9.33. The normalized spacial score (nSPS) is 22.3. The Hall–Kier alpha value is -3.42. The van der Waals surface area contributed by atoms with Gasteiger partial charge in [0.25, 0.3) is 0 Å². The minimum Gasteiger partial charge on any atom is -0.443 e. The van der Waals surface area contributed by atoms with Crippen LogP contribution in [-0.4, -0.2) is 49.1 Å². The van der Waals surface area contributed by atoms with Gasteiger partial charge < -0.3 is 19.0 Å². The number of aromatic nitrogens is 3. The Bertz CT molecular complexity index is 1710. The fourth-order valence-electron chi connectivity index (χ4n) is 6.07. The topological polar surface area (TPSA) is 136 Å². The number of hydrogen-bond donors (Lipinski definition) is 3. The van der Waals surface area contributed by atoms with Gasteiger partial charge in [0.15, 0.2) is 8.32 Å². The molecular formula is C33H48N6O5SSi. The average molecular weight is 669 g/mol. The van der Waals surface area contributed by atoms with E-state index in [1.54, 1.807) is 27.1 Å². The lowest BCUT2D eigenvalue weighted by molar-refractivity contribution is 0.0570. The first kappa shape index (κ1) is 33.9. The molecule has 1 aromatic carbocycles. The van der Waals surface area contributed by atoms with Crippen molar-refractivity contribution in [2.45, 2.75) is 109 Å². The third-order valence-electron chi connectivity index (χ3n) is 9.31. The van der Waals surface area contributed by atoms with Crippen LogP contribution in [-0.2, 0) is 25.8 Å². The van der Waals surface area contributed by atoms with E-state index < -0.39 is 30.2 Å². The molecule has 0 unspecified atom stereocenters. The first-order valence-electron chi connectivity index (χ1n) is 16.0. The predicted molar refractivity (Wildman–Crippen MR) is 183 cm³/mol. The molecule has 2 heterocycles. The van der Waals surface area contributed by atoms with Crippen LogP contribution >= 0.6 is 0 Å². The molecule has 2 aliphatic carbocycles. The second-order valence-corrected chi connectivity index (χ2v) is 21.1. The van der Waals surface area contributed by atoms with E-state index in [1.165, 1.54) is 17.3 Å². The van der Waals surface area contributed by atoms with Gasteiger partial charge >= 0.3 is 16.3 Å². The number of benzene rings is 1. The van der Waals surface area contributed by atoms with Gasteiger partial charge in [-0.2, -0.15) is 8.42 Å². The van der Waals surface area contributed by atoms with Crippen LogP contribution in [0.5, 0.6) is 0 Å². The molecule has 0 saturated heterocycles. The minimum atomic E-state index is -4.16. The van der Waals surface area contributed by atoms with Crippen molar-refractivity contribution in [3.63, 3.8) is 0 Å². The molecule has 11 nitrogen and oxygen atoms in total. The average Bonchev–Trinajstić information content (AvgIpc) is 3.64. The van der Waals surface area contributed by atoms with Crippen LogP contribution in [0.3, 0.4) is 0 Å². The number of amides is 1. The van der Waals surface area contributed by atoms with Crippen LogP contribution in [0.15, 0.2) is 55.1 Å². The quantitative estimate of drug-likeness (QED) is 0.213. The van der Waals surface area contributed by atoms with Gasteiger partial charge in [-0.25, -0.2) is 19.5 Å². The SMILES string of the molecule is CC(C)(C)OC(=O)NS(=O)(=O)N/C=C/[C@@H]1C[C@@H](n2ccc3c(N[C@H]4CCc5ccccc54)ncnc32)C[C@@H]1O[Si](C)(C)C(C)(C)C. The number of rotatable bonds is 9. The van der Waals surface area contributed by atoms with Crippen LogP contribution in [0.25, 0.3) is 11.0 Å². The van der Waals surface area contributed by atoms with Gasteiger partial charge in [0, 0.05) is 24.4 Å². The Morgan fingerprint density at radius 1 is 1.07 bits per heavy atom. The smallest absolute Gasteiger partial charge is 0.422 e. The lowest BCUT2D eigenvalue weighted by atomic mass is 10.1. The van der Waals surface area contributed by atoms with Crippen LogP contribution in [0.4, 0.5) is 10.6 Å². The molecule has 13 heteroatoms. The number of carbonyl (C=O) groups is 1. The monoisotopic (exact) mass is 668 g/mol. The standard InChI is InChI=1S/C33H48N6O5SSi/c1-32(2,3)43-31(40)38-45(41,42)36-17-15-23-19-24(20-28(23)44-46(7,8)33(4,5)6)39-18-16-26-29(34-21-35-30(26)39)37-27-14-13-22-11-9-10-12-25(22)27/h9-12,15-18,21,23-24,27-28,36H,13-14,19-20H2,1-8H3,(H,38,40)(H,34,35,37)/b17-15+/t23-,24-,27+,28+/m1/s1. The number of aryl methyl sites for hydroxylation is 1. The van der Waals surface area contributed by atoms with Gasteiger partial charge in [-0.05, 0) is 81.8 Å². The lowest BCUT2D eigenvalue weighted by Crippen LogP contribution is -2.44. The summed E-state index contributed by atoms with van der Waals surface area (Å²) in [5.74, 6) is 0.746. The van der Waals surface area contributed by atoms with Gasteiger partial charge in [-0.1, -0.05) is 51.1 Å². The molecule has 2 aromatic heterocycles. The predicted octanol–water partition coefficient (Wildman–Crippen LogP) is 6.75. The Morgan fingerprint density at radius 3 is 2.52 bits per heavy atom. The molecule has 2 aliphatic rings. The van der Waals surface area contributed by atoms with Crippen molar-refractivity contribution in [2.24, 2.45) is 5.92 Å². The molecule has 250 valence electrons. The fraction of sp³-hybridized carbons (Fsp3) is 0.545.